The Morgan fingerprint density at radius 1 is 0.338 bits per heavy atom. The van der Waals surface area contributed by atoms with Crippen LogP contribution in [0.4, 0.5) is 0 Å². The van der Waals surface area contributed by atoms with Crippen LogP contribution >= 0.6 is 0 Å². The van der Waals surface area contributed by atoms with Crippen molar-refractivity contribution in [2.45, 2.75) is 232 Å². The van der Waals surface area contributed by atoms with Gasteiger partial charge in [-0.3, -0.25) is 9.59 Å². The highest BCUT2D eigenvalue weighted by Gasteiger charge is 2.17. The molecular formula is C63H102O5. The third kappa shape index (κ3) is 54.6. The second kappa shape index (κ2) is 57.4. The van der Waals surface area contributed by atoms with Gasteiger partial charge in [-0.25, -0.2) is 0 Å². The van der Waals surface area contributed by atoms with Gasteiger partial charge in [0.1, 0.15) is 6.61 Å². The molecule has 384 valence electrons. The lowest BCUT2D eigenvalue weighted by atomic mass is 10.0. The lowest BCUT2D eigenvalue weighted by molar-refractivity contribution is -0.162. The van der Waals surface area contributed by atoms with Gasteiger partial charge in [0.15, 0.2) is 6.10 Å². The number of unbranched alkanes of at least 4 members (excludes halogenated alkanes) is 16. The topological polar surface area (TPSA) is 61.8 Å². The molecule has 0 aromatic carbocycles. The van der Waals surface area contributed by atoms with E-state index in [0.29, 0.717) is 25.9 Å². The van der Waals surface area contributed by atoms with Crippen LogP contribution in [0, 0.1) is 0 Å². The molecule has 0 fully saturated rings. The summed E-state index contributed by atoms with van der Waals surface area (Å²) in [6.07, 6.45) is 82.0. The molecule has 0 spiro atoms. The Bertz CT molecular complexity index is 1430. The average Bonchev–Trinajstić information content (AvgIpc) is 3.34. The van der Waals surface area contributed by atoms with E-state index in [4.69, 9.17) is 14.2 Å². The van der Waals surface area contributed by atoms with Crippen molar-refractivity contribution in [2.75, 3.05) is 19.8 Å². The molecule has 0 saturated heterocycles. The first-order chi connectivity index (χ1) is 33.6. The van der Waals surface area contributed by atoms with Crippen LogP contribution in [0.25, 0.3) is 0 Å². The quantitative estimate of drug-likeness (QED) is 0.0345. The third-order valence-electron chi connectivity index (χ3n) is 11.2. The monoisotopic (exact) mass is 939 g/mol. The molecule has 68 heavy (non-hydrogen) atoms. The Labute approximate surface area is 419 Å². The van der Waals surface area contributed by atoms with Gasteiger partial charge in [-0.1, -0.05) is 251 Å². The van der Waals surface area contributed by atoms with Crippen molar-refractivity contribution in [1.29, 1.82) is 0 Å². The Balaban J connectivity index is 4.50. The molecule has 1 atom stereocenters. The summed E-state index contributed by atoms with van der Waals surface area (Å²) in [4.78, 5) is 25.4. The predicted octanol–water partition coefficient (Wildman–Crippen LogP) is 19.1. The Kier molecular flexibility index (Phi) is 54.0. The van der Waals surface area contributed by atoms with E-state index < -0.39 is 6.10 Å². The maximum Gasteiger partial charge on any atom is 0.306 e. The van der Waals surface area contributed by atoms with Crippen LogP contribution in [0.1, 0.15) is 226 Å². The van der Waals surface area contributed by atoms with Crippen molar-refractivity contribution in [2.24, 2.45) is 0 Å². The molecule has 5 heteroatoms. The van der Waals surface area contributed by atoms with E-state index in [1.165, 1.54) is 89.9 Å². The number of carbonyl (C=O) groups excluding carboxylic acids is 2. The molecule has 0 amide bonds. The SMILES string of the molecule is CC/C=C\C/C=C\C/C=C\C/C=C\C/C=C\C/C=C\CCC(=O)OC[C@@H](COCCCCCCCCCCCCCCCCCC)OC(=O)CCC/C=C\C/C=C\C/C=C\C/C=C\C/C=C\CC. The number of hydrogen-bond donors (Lipinski definition) is 0. The van der Waals surface area contributed by atoms with Crippen LogP contribution in [-0.2, 0) is 23.8 Å². The molecule has 0 aliphatic heterocycles. The van der Waals surface area contributed by atoms with E-state index in [0.717, 1.165) is 89.9 Å². The van der Waals surface area contributed by atoms with Crippen LogP contribution in [-0.4, -0.2) is 37.9 Å². The van der Waals surface area contributed by atoms with E-state index in [-0.39, 0.29) is 31.6 Å². The summed E-state index contributed by atoms with van der Waals surface area (Å²) in [5.41, 5.74) is 0. The Morgan fingerprint density at radius 2 is 0.676 bits per heavy atom. The first kappa shape index (κ1) is 64.0. The predicted molar refractivity (Wildman–Crippen MR) is 297 cm³/mol. The maximum absolute atomic E-state index is 12.8. The largest absolute Gasteiger partial charge is 0.462 e. The molecule has 0 aromatic heterocycles. The molecule has 0 unspecified atom stereocenters. The van der Waals surface area contributed by atoms with E-state index >= 15 is 0 Å². The van der Waals surface area contributed by atoms with Gasteiger partial charge in [0.2, 0.25) is 0 Å². The van der Waals surface area contributed by atoms with Crippen LogP contribution in [0.15, 0.2) is 134 Å². The van der Waals surface area contributed by atoms with Gasteiger partial charge in [0.25, 0.3) is 0 Å². The highest BCUT2D eigenvalue weighted by atomic mass is 16.6. The molecule has 0 bridgehead atoms. The zero-order valence-electron chi connectivity index (χ0n) is 44.1. The average molecular weight is 940 g/mol. The van der Waals surface area contributed by atoms with E-state index in [2.05, 4.69) is 148 Å². The van der Waals surface area contributed by atoms with Gasteiger partial charge in [0, 0.05) is 19.4 Å². The Hall–Kier alpha value is -3.96. The number of allylic oxidation sites excluding steroid dienone is 22. The van der Waals surface area contributed by atoms with Gasteiger partial charge in [-0.2, -0.15) is 0 Å². The molecule has 0 rings (SSSR count). The lowest BCUT2D eigenvalue weighted by Crippen LogP contribution is -2.30. The van der Waals surface area contributed by atoms with Crippen molar-refractivity contribution in [3.05, 3.63) is 134 Å². The highest BCUT2D eigenvalue weighted by Crippen LogP contribution is 2.14. The fraction of sp³-hybridized carbons (Fsp3) is 0.619. The third-order valence-corrected chi connectivity index (χ3v) is 11.2. The molecule has 0 aliphatic rings. The summed E-state index contributed by atoms with van der Waals surface area (Å²) in [5, 5.41) is 0. The lowest BCUT2D eigenvalue weighted by Gasteiger charge is -2.18. The second-order valence-electron chi connectivity index (χ2n) is 17.7. The van der Waals surface area contributed by atoms with Gasteiger partial charge in [-0.15, -0.1) is 0 Å². The Morgan fingerprint density at radius 3 is 1.06 bits per heavy atom. The minimum atomic E-state index is -0.605. The zero-order valence-corrected chi connectivity index (χ0v) is 44.1. The standard InChI is InChI=1S/C63H102O5/c1-4-7-10-13-16-19-22-25-28-31-32-34-35-38-41-44-47-50-53-56-62(64)67-60-61(59-66-58-55-52-49-46-43-40-37-30-27-24-21-18-15-12-9-6-3)68-63(65)57-54-51-48-45-42-39-36-33-29-26-23-20-17-14-11-8-5-2/h7-8,10-11,16-17,19-20,25-26,28-29,32,34,36,38-39,41,45,47-48,50,61H,4-6,9,12-15,18,21-24,27,30-31,33,35,37,40,42-44,46,49,51-60H2,1-3H3/b10-7-,11-8-,19-16-,20-17-,28-25-,29-26-,34-32-,39-36-,41-38-,48-45-,50-47-/t61-/m1/s1. The van der Waals surface area contributed by atoms with Crippen LogP contribution < -0.4 is 0 Å². The van der Waals surface area contributed by atoms with Crippen molar-refractivity contribution in [3.63, 3.8) is 0 Å². The van der Waals surface area contributed by atoms with E-state index in [1.807, 2.05) is 6.08 Å². The second-order valence-corrected chi connectivity index (χ2v) is 17.7. The van der Waals surface area contributed by atoms with Crippen molar-refractivity contribution >= 4 is 11.9 Å². The number of ether oxygens (including phenoxy) is 3. The number of rotatable bonds is 49. The highest BCUT2D eigenvalue weighted by molar-refractivity contribution is 5.70. The molecule has 0 radical (unpaired) electrons. The number of esters is 2. The summed E-state index contributed by atoms with van der Waals surface area (Å²) in [6.45, 7) is 7.46. The normalized spacial score (nSPS) is 13.3. The van der Waals surface area contributed by atoms with E-state index in [1.54, 1.807) is 0 Å². The van der Waals surface area contributed by atoms with Crippen molar-refractivity contribution in [3.8, 4) is 0 Å². The minimum absolute atomic E-state index is 0.0159. The van der Waals surface area contributed by atoms with Crippen molar-refractivity contribution < 1.29 is 23.8 Å². The molecule has 0 heterocycles. The summed E-state index contributed by atoms with van der Waals surface area (Å²) >= 11 is 0. The molecular weight excluding hydrogens is 837 g/mol. The van der Waals surface area contributed by atoms with Gasteiger partial charge in [-0.05, 0) is 96.3 Å². The fourth-order valence-electron chi connectivity index (χ4n) is 7.16. The fourth-order valence-corrected chi connectivity index (χ4v) is 7.16. The van der Waals surface area contributed by atoms with Gasteiger partial charge < -0.3 is 14.2 Å². The summed E-state index contributed by atoms with van der Waals surface area (Å²) < 4.78 is 17.3. The first-order valence-corrected chi connectivity index (χ1v) is 27.7. The van der Waals surface area contributed by atoms with Gasteiger partial charge in [0.05, 0.1) is 6.61 Å². The molecule has 0 aliphatic carbocycles. The number of carbonyl (C=O) groups is 2. The minimum Gasteiger partial charge on any atom is -0.462 e. The molecule has 0 aromatic rings. The first-order valence-electron chi connectivity index (χ1n) is 27.7. The van der Waals surface area contributed by atoms with E-state index in [9.17, 15) is 9.59 Å². The molecule has 0 saturated carbocycles. The molecule has 0 N–H and O–H groups in total. The smallest absolute Gasteiger partial charge is 0.306 e. The van der Waals surface area contributed by atoms with Crippen LogP contribution in [0.2, 0.25) is 0 Å². The zero-order chi connectivity index (χ0) is 49.2. The summed E-state index contributed by atoms with van der Waals surface area (Å²) in [7, 11) is 0. The van der Waals surface area contributed by atoms with Crippen LogP contribution in [0.5, 0.6) is 0 Å². The maximum atomic E-state index is 12.8. The van der Waals surface area contributed by atoms with Crippen LogP contribution in [0.3, 0.4) is 0 Å². The van der Waals surface area contributed by atoms with Gasteiger partial charge >= 0.3 is 11.9 Å². The summed E-state index contributed by atoms with van der Waals surface area (Å²) in [5.74, 6) is -0.566. The van der Waals surface area contributed by atoms with Crippen molar-refractivity contribution in [1.82, 2.24) is 0 Å². The summed E-state index contributed by atoms with van der Waals surface area (Å²) in [6, 6.07) is 0. The number of hydrogen-bond acceptors (Lipinski definition) is 5. The molecule has 5 nitrogen and oxygen atoms in total.